The van der Waals surface area contributed by atoms with E-state index >= 15 is 0 Å². The summed E-state index contributed by atoms with van der Waals surface area (Å²) in [5, 5.41) is 10.5. The molecule has 1 amide bonds. The topological polar surface area (TPSA) is 66.4 Å². The first kappa shape index (κ1) is 16.4. The van der Waals surface area contributed by atoms with Gasteiger partial charge in [-0.3, -0.25) is 9.59 Å². The van der Waals surface area contributed by atoms with E-state index in [2.05, 4.69) is 12.2 Å². The van der Waals surface area contributed by atoms with E-state index in [0.717, 1.165) is 19.4 Å². The van der Waals surface area contributed by atoms with Crippen molar-refractivity contribution >= 4 is 11.9 Å². The summed E-state index contributed by atoms with van der Waals surface area (Å²) >= 11 is 0. The second-order valence-electron chi connectivity index (χ2n) is 3.16. The molecule has 0 spiro atoms. The molecule has 0 heterocycles. The number of hydrogen-bond donors (Lipinski definition) is 2. The maximum absolute atomic E-state index is 10.8. The fourth-order valence-corrected chi connectivity index (χ4v) is 0.821. The summed E-state index contributed by atoms with van der Waals surface area (Å²) in [6.07, 6.45) is 4.29. The highest BCUT2D eigenvalue weighted by Gasteiger charge is 1.96. The second-order valence-corrected chi connectivity index (χ2v) is 3.16. The van der Waals surface area contributed by atoms with Crippen LogP contribution in [-0.4, -0.2) is 23.5 Å². The van der Waals surface area contributed by atoms with Crippen LogP contribution in [0, 0.1) is 0 Å². The Kier molecular flexibility index (Phi) is 14.1. The van der Waals surface area contributed by atoms with Crippen molar-refractivity contribution in [3.63, 3.8) is 0 Å². The third-order valence-corrected chi connectivity index (χ3v) is 1.68. The molecule has 0 fully saturated rings. The van der Waals surface area contributed by atoms with E-state index in [0.29, 0.717) is 6.42 Å². The van der Waals surface area contributed by atoms with Gasteiger partial charge >= 0.3 is 5.97 Å². The molecule has 0 aromatic heterocycles. The van der Waals surface area contributed by atoms with Crippen molar-refractivity contribution in [1.82, 2.24) is 5.32 Å². The third-order valence-electron chi connectivity index (χ3n) is 1.68. The van der Waals surface area contributed by atoms with E-state index in [1.807, 2.05) is 6.92 Å². The van der Waals surface area contributed by atoms with Crippen molar-refractivity contribution in [3.8, 4) is 0 Å². The molecule has 4 nitrogen and oxygen atoms in total. The Morgan fingerprint density at radius 3 is 2.00 bits per heavy atom. The van der Waals surface area contributed by atoms with Gasteiger partial charge in [0.05, 0.1) is 0 Å². The van der Waals surface area contributed by atoms with E-state index < -0.39 is 5.97 Å². The van der Waals surface area contributed by atoms with Gasteiger partial charge in [0, 0.05) is 19.4 Å². The zero-order valence-corrected chi connectivity index (χ0v) is 10.0. The summed E-state index contributed by atoms with van der Waals surface area (Å²) in [4.78, 5) is 20.2. The van der Waals surface area contributed by atoms with Gasteiger partial charge in [-0.1, -0.05) is 26.7 Å². The Balaban J connectivity index is 0. The average molecular weight is 217 g/mol. The van der Waals surface area contributed by atoms with Crippen LogP contribution in [0.3, 0.4) is 0 Å². The summed E-state index contributed by atoms with van der Waals surface area (Å²) in [6, 6.07) is 0. The van der Waals surface area contributed by atoms with Crippen LogP contribution >= 0.6 is 0 Å². The Morgan fingerprint density at radius 1 is 1.13 bits per heavy atom. The standard InChI is InChI=1S/C8H17NO.C3H6O2/c1-3-5-6-7-8(10)9-4-2;1-2-3(4)5/h3-7H2,1-2H3,(H,9,10);2H2,1H3,(H,4,5). The summed E-state index contributed by atoms with van der Waals surface area (Å²) < 4.78 is 0. The molecular weight excluding hydrogens is 194 g/mol. The number of aliphatic carboxylic acids is 1. The molecule has 15 heavy (non-hydrogen) atoms. The maximum Gasteiger partial charge on any atom is 0.303 e. The van der Waals surface area contributed by atoms with Crippen molar-refractivity contribution in [1.29, 1.82) is 0 Å². The molecule has 0 aliphatic heterocycles. The van der Waals surface area contributed by atoms with E-state index in [4.69, 9.17) is 5.11 Å². The van der Waals surface area contributed by atoms with E-state index in [1.165, 1.54) is 6.42 Å². The van der Waals surface area contributed by atoms with Crippen molar-refractivity contribution < 1.29 is 14.7 Å². The molecule has 0 radical (unpaired) electrons. The molecule has 0 saturated carbocycles. The SMILES string of the molecule is CCC(=O)O.CCCCCC(=O)NCC. The number of amides is 1. The smallest absolute Gasteiger partial charge is 0.303 e. The largest absolute Gasteiger partial charge is 0.481 e. The predicted octanol–water partition coefficient (Wildman–Crippen LogP) is 2.18. The minimum Gasteiger partial charge on any atom is -0.481 e. The number of rotatable bonds is 6. The summed E-state index contributed by atoms with van der Waals surface area (Å²) in [6.45, 7) is 6.43. The normalized spacial score (nSPS) is 8.73. The summed E-state index contributed by atoms with van der Waals surface area (Å²) in [5.74, 6) is -0.555. The number of nitrogens with one attached hydrogen (secondary N) is 1. The first-order valence-corrected chi connectivity index (χ1v) is 5.56. The lowest BCUT2D eigenvalue weighted by Crippen LogP contribution is -2.21. The number of unbranched alkanes of at least 4 members (excludes halogenated alkanes) is 2. The molecule has 90 valence electrons. The van der Waals surface area contributed by atoms with Crippen molar-refractivity contribution in [2.75, 3.05) is 6.54 Å². The number of carbonyl (C=O) groups excluding carboxylic acids is 1. The van der Waals surface area contributed by atoms with E-state index in [1.54, 1.807) is 6.92 Å². The first-order valence-electron chi connectivity index (χ1n) is 5.56. The lowest BCUT2D eigenvalue weighted by Gasteiger charge is -1.99. The molecule has 2 N–H and O–H groups in total. The first-order chi connectivity index (χ1) is 7.08. The van der Waals surface area contributed by atoms with Gasteiger partial charge in [0.15, 0.2) is 0 Å². The lowest BCUT2D eigenvalue weighted by molar-refractivity contribution is -0.136. The number of carboxylic acid groups (broad SMARTS) is 1. The zero-order valence-electron chi connectivity index (χ0n) is 10.0. The van der Waals surface area contributed by atoms with Gasteiger partial charge in [0.1, 0.15) is 0 Å². The highest BCUT2D eigenvalue weighted by Crippen LogP contribution is 1.97. The summed E-state index contributed by atoms with van der Waals surface area (Å²) in [5.41, 5.74) is 0. The van der Waals surface area contributed by atoms with Crippen LogP contribution in [-0.2, 0) is 9.59 Å². The Hall–Kier alpha value is -1.06. The molecular formula is C11H23NO3. The number of carboxylic acids is 1. The molecule has 0 rings (SSSR count). The van der Waals surface area contributed by atoms with Crippen LogP contribution in [0.25, 0.3) is 0 Å². The van der Waals surface area contributed by atoms with Crippen LogP contribution in [0.1, 0.15) is 52.9 Å². The molecule has 0 aliphatic carbocycles. The molecule has 0 aromatic carbocycles. The van der Waals surface area contributed by atoms with Crippen molar-refractivity contribution in [2.24, 2.45) is 0 Å². The van der Waals surface area contributed by atoms with Crippen LogP contribution in [0.15, 0.2) is 0 Å². The van der Waals surface area contributed by atoms with Crippen molar-refractivity contribution in [2.45, 2.75) is 52.9 Å². The summed E-state index contributed by atoms with van der Waals surface area (Å²) in [7, 11) is 0. The third kappa shape index (κ3) is 19.4. The van der Waals surface area contributed by atoms with Gasteiger partial charge in [-0.05, 0) is 13.3 Å². The van der Waals surface area contributed by atoms with Crippen LogP contribution < -0.4 is 5.32 Å². The minimum atomic E-state index is -0.745. The number of hydrogen-bond acceptors (Lipinski definition) is 2. The second kappa shape index (κ2) is 12.9. The van der Waals surface area contributed by atoms with Gasteiger partial charge in [-0.15, -0.1) is 0 Å². The zero-order chi connectivity index (χ0) is 12.1. The van der Waals surface area contributed by atoms with E-state index in [-0.39, 0.29) is 12.3 Å². The highest BCUT2D eigenvalue weighted by atomic mass is 16.4. The Bertz CT molecular complexity index is 169. The molecule has 0 bridgehead atoms. The van der Waals surface area contributed by atoms with Crippen LogP contribution in [0.4, 0.5) is 0 Å². The molecule has 0 atom stereocenters. The fourth-order valence-electron chi connectivity index (χ4n) is 0.821. The molecule has 0 aromatic rings. The minimum absolute atomic E-state index is 0.191. The average Bonchev–Trinajstić information content (AvgIpc) is 2.19. The maximum atomic E-state index is 10.8. The lowest BCUT2D eigenvalue weighted by atomic mass is 10.2. The Labute approximate surface area is 92.1 Å². The van der Waals surface area contributed by atoms with Gasteiger partial charge < -0.3 is 10.4 Å². The van der Waals surface area contributed by atoms with Gasteiger partial charge in [-0.25, -0.2) is 0 Å². The Morgan fingerprint density at radius 2 is 1.67 bits per heavy atom. The predicted molar refractivity (Wildman–Crippen MR) is 60.8 cm³/mol. The van der Waals surface area contributed by atoms with Gasteiger partial charge in [0.2, 0.25) is 5.91 Å². The molecule has 0 aliphatic rings. The molecule has 4 heteroatoms. The van der Waals surface area contributed by atoms with Gasteiger partial charge in [-0.2, -0.15) is 0 Å². The van der Waals surface area contributed by atoms with E-state index in [9.17, 15) is 9.59 Å². The van der Waals surface area contributed by atoms with Crippen LogP contribution in [0.5, 0.6) is 0 Å². The van der Waals surface area contributed by atoms with Crippen LogP contribution in [0.2, 0.25) is 0 Å². The quantitative estimate of drug-likeness (QED) is 0.670. The van der Waals surface area contributed by atoms with Gasteiger partial charge in [0.25, 0.3) is 0 Å². The molecule has 0 saturated heterocycles. The number of carbonyl (C=O) groups is 2. The van der Waals surface area contributed by atoms with Crippen molar-refractivity contribution in [3.05, 3.63) is 0 Å². The monoisotopic (exact) mass is 217 g/mol. The fraction of sp³-hybridized carbons (Fsp3) is 0.818. The highest BCUT2D eigenvalue weighted by molar-refractivity contribution is 5.75. The molecule has 0 unspecified atom stereocenters.